The van der Waals surface area contributed by atoms with Crippen LogP contribution in [-0.2, 0) is 24.1 Å². The van der Waals surface area contributed by atoms with Gasteiger partial charge in [-0.2, -0.15) is 13.2 Å². The van der Waals surface area contributed by atoms with Gasteiger partial charge in [0.2, 0.25) is 5.91 Å². The lowest BCUT2D eigenvalue weighted by Gasteiger charge is -2.39. The summed E-state index contributed by atoms with van der Waals surface area (Å²) in [6.07, 6.45) is -1.52. The molecule has 194 valence electrons. The maximum absolute atomic E-state index is 12.9. The first-order chi connectivity index (χ1) is 17.1. The zero-order valence-corrected chi connectivity index (χ0v) is 19.6. The SMILES string of the molecule is O=C(CN1CCC2(CC1)Cn1cc([N+](=O)[O-])nc1O2)N1CCN(Cc2ccc(C(F)(F)F)cc2)CC1. The van der Waals surface area contributed by atoms with E-state index in [1.54, 1.807) is 4.57 Å². The van der Waals surface area contributed by atoms with Crippen LogP contribution in [0, 0.1) is 10.1 Å². The van der Waals surface area contributed by atoms with Crippen molar-refractivity contribution in [3.63, 3.8) is 0 Å². The normalized spacial score (nSPS) is 20.4. The summed E-state index contributed by atoms with van der Waals surface area (Å²) in [5.74, 6) is -0.154. The lowest BCUT2D eigenvalue weighted by molar-refractivity contribution is -0.389. The molecular formula is C23H27F3N6O4. The second-order valence-electron chi connectivity index (χ2n) is 9.68. The van der Waals surface area contributed by atoms with Crippen molar-refractivity contribution >= 4 is 11.7 Å². The summed E-state index contributed by atoms with van der Waals surface area (Å²) < 4.78 is 45.9. The Morgan fingerprint density at radius 2 is 1.72 bits per heavy atom. The molecule has 0 bridgehead atoms. The molecule has 3 aliphatic heterocycles. The summed E-state index contributed by atoms with van der Waals surface area (Å²) in [4.78, 5) is 33.2. The van der Waals surface area contributed by atoms with E-state index in [1.807, 2.05) is 4.90 Å². The van der Waals surface area contributed by atoms with Gasteiger partial charge in [0, 0.05) is 63.6 Å². The van der Waals surface area contributed by atoms with Crippen molar-refractivity contribution < 1.29 is 27.6 Å². The standard InChI is InChI=1S/C23H27F3N6O4/c24-23(25,26)18-3-1-17(2-4-18)13-29-9-11-30(12-10-29)20(33)15-28-7-5-22(6-8-28)16-31-14-19(32(34)35)27-21(31)36-22/h1-4,14H,5-13,15-16H2. The third-order valence-corrected chi connectivity index (χ3v) is 7.22. The molecule has 0 aliphatic carbocycles. The number of fused-ring (bicyclic) bond motifs is 1. The molecule has 1 spiro atoms. The van der Waals surface area contributed by atoms with Gasteiger partial charge in [-0.05, 0) is 22.6 Å². The molecule has 0 radical (unpaired) electrons. The van der Waals surface area contributed by atoms with E-state index in [9.17, 15) is 28.1 Å². The fraction of sp³-hybridized carbons (Fsp3) is 0.565. The molecule has 13 heteroatoms. The third kappa shape index (κ3) is 5.16. The van der Waals surface area contributed by atoms with Gasteiger partial charge in [-0.1, -0.05) is 12.1 Å². The van der Waals surface area contributed by atoms with Gasteiger partial charge in [0.1, 0.15) is 11.8 Å². The molecule has 2 aromatic rings. The summed E-state index contributed by atoms with van der Waals surface area (Å²) in [5, 5.41) is 10.9. The van der Waals surface area contributed by atoms with Crippen LogP contribution in [0.25, 0.3) is 0 Å². The number of nitro groups is 1. The smallest absolute Gasteiger partial charge is 0.416 e. The number of hydrogen-bond acceptors (Lipinski definition) is 7. The number of likely N-dealkylation sites (tertiary alicyclic amines) is 1. The number of halogens is 3. The first kappa shape index (κ1) is 24.5. The number of alkyl halides is 3. The van der Waals surface area contributed by atoms with E-state index in [1.165, 1.54) is 18.3 Å². The van der Waals surface area contributed by atoms with Gasteiger partial charge >= 0.3 is 18.0 Å². The van der Waals surface area contributed by atoms with Crippen LogP contribution in [0.5, 0.6) is 6.01 Å². The van der Waals surface area contributed by atoms with Crippen LogP contribution in [-0.4, -0.2) is 86.5 Å². The van der Waals surface area contributed by atoms with Gasteiger partial charge in [0.15, 0.2) is 0 Å². The minimum Gasteiger partial charge on any atom is -0.437 e. The third-order valence-electron chi connectivity index (χ3n) is 7.22. The molecule has 0 saturated carbocycles. The molecule has 3 aliphatic rings. The zero-order valence-electron chi connectivity index (χ0n) is 19.6. The highest BCUT2D eigenvalue weighted by Gasteiger charge is 2.46. The summed E-state index contributed by atoms with van der Waals surface area (Å²) in [5.41, 5.74) is -0.267. The average Bonchev–Trinajstić information content (AvgIpc) is 3.37. The van der Waals surface area contributed by atoms with E-state index >= 15 is 0 Å². The van der Waals surface area contributed by atoms with E-state index in [0.717, 1.165) is 17.7 Å². The first-order valence-corrected chi connectivity index (χ1v) is 11.9. The number of piperidine rings is 1. The van der Waals surface area contributed by atoms with Gasteiger partial charge < -0.3 is 19.8 Å². The number of carbonyl (C=O) groups excluding carboxylic acids is 1. The van der Waals surface area contributed by atoms with Crippen LogP contribution in [0.1, 0.15) is 24.0 Å². The minimum absolute atomic E-state index is 0.0658. The number of nitrogens with zero attached hydrogens (tertiary/aromatic N) is 6. The Morgan fingerprint density at radius 1 is 1.06 bits per heavy atom. The molecule has 2 saturated heterocycles. The van der Waals surface area contributed by atoms with Crippen molar-refractivity contribution in [2.24, 2.45) is 0 Å². The van der Waals surface area contributed by atoms with Gasteiger partial charge in [-0.3, -0.25) is 19.2 Å². The van der Waals surface area contributed by atoms with E-state index < -0.39 is 22.3 Å². The van der Waals surface area contributed by atoms with Crippen LogP contribution in [0.3, 0.4) is 0 Å². The maximum Gasteiger partial charge on any atom is 0.416 e. The highest BCUT2D eigenvalue weighted by Crippen LogP contribution is 2.37. The lowest BCUT2D eigenvalue weighted by atomic mass is 9.91. The van der Waals surface area contributed by atoms with Crippen molar-refractivity contribution in [2.45, 2.75) is 37.7 Å². The number of hydrogen-bond donors (Lipinski definition) is 0. The zero-order chi connectivity index (χ0) is 25.5. The van der Waals surface area contributed by atoms with E-state index in [-0.39, 0.29) is 17.7 Å². The van der Waals surface area contributed by atoms with E-state index in [4.69, 9.17) is 4.74 Å². The fourth-order valence-corrected chi connectivity index (χ4v) is 5.09. The molecule has 1 aromatic carbocycles. The summed E-state index contributed by atoms with van der Waals surface area (Å²) in [6.45, 7) is 5.27. The Balaban J connectivity index is 1.05. The topological polar surface area (TPSA) is 97.0 Å². The molecule has 2 fully saturated rings. The number of piperazine rings is 1. The first-order valence-electron chi connectivity index (χ1n) is 11.9. The minimum atomic E-state index is -4.34. The molecule has 1 aromatic heterocycles. The molecule has 0 unspecified atom stereocenters. The molecular weight excluding hydrogens is 481 g/mol. The van der Waals surface area contributed by atoms with Crippen molar-refractivity contribution in [1.29, 1.82) is 0 Å². The number of aromatic nitrogens is 2. The number of amides is 1. The lowest BCUT2D eigenvalue weighted by Crippen LogP contribution is -2.53. The summed E-state index contributed by atoms with van der Waals surface area (Å²) >= 11 is 0. The summed E-state index contributed by atoms with van der Waals surface area (Å²) in [7, 11) is 0. The number of imidazole rings is 1. The quantitative estimate of drug-likeness (QED) is 0.452. The Kier molecular flexibility index (Phi) is 6.37. The van der Waals surface area contributed by atoms with Crippen molar-refractivity contribution in [1.82, 2.24) is 24.3 Å². The van der Waals surface area contributed by atoms with Crippen LogP contribution in [0.4, 0.5) is 19.0 Å². The molecule has 36 heavy (non-hydrogen) atoms. The summed E-state index contributed by atoms with van der Waals surface area (Å²) in [6, 6.07) is 5.50. The Morgan fingerprint density at radius 3 is 2.31 bits per heavy atom. The van der Waals surface area contributed by atoms with Crippen molar-refractivity contribution in [3.8, 4) is 6.01 Å². The molecule has 0 N–H and O–H groups in total. The average molecular weight is 509 g/mol. The van der Waals surface area contributed by atoms with E-state index in [2.05, 4.69) is 14.8 Å². The Hall–Kier alpha value is -3.19. The highest BCUT2D eigenvalue weighted by atomic mass is 19.4. The molecule has 1 amide bonds. The number of rotatable bonds is 5. The highest BCUT2D eigenvalue weighted by molar-refractivity contribution is 5.78. The van der Waals surface area contributed by atoms with Gasteiger partial charge in [0.25, 0.3) is 0 Å². The Labute approximate surface area is 205 Å². The number of benzene rings is 1. The van der Waals surface area contributed by atoms with Crippen LogP contribution in [0.2, 0.25) is 0 Å². The second-order valence-corrected chi connectivity index (χ2v) is 9.68. The predicted molar refractivity (Wildman–Crippen MR) is 121 cm³/mol. The van der Waals surface area contributed by atoms with E-state index in [0.29, 0.717) is 71.7 Å². The van der Waals surface area contributed by atoms with Crippen molar-refractivity contribution in [3.05, 3.63) is 51.7 Å². The number of ether oxygens (including phenoxy) is 1. The molecule has 5 rings (SSSR count). The second kappa shape index (κ2) is 9.36. The van der Waals surface area contributed by atoms with Gasteiger partial charge in [-0.25, -0.2) is 0 Å². The monoisotopic (exact) mass is 508 g/mol. The van der Waals surface area contributed by atoms with Crippen LogP contribution >= 0.6 is 0 Å². The van der Waals surface area contributed by atoms with Gasteiger partial charge in [-0.15, -0.1) is 0 Å². The largest absolute Gasteiger partial charge is 0.437 e. The van der Waals surface area contributed by atoms with Gasteiger partial charge in [0.05, 0.1) is 18.7 Å². The fourth-order valence-electron chi connectivity index (χ4n) is 5.09. The maximum atomic E-state index is 12.9. The number of carbonyl (C=O) groups is 1. The Bertz CT molecular complexity index is 1090. The molecule has 0 atom stereocenters. The van der Waals surface area contributed by atoms with Crippen LogP contribution < -0.4 is 4.74 Å². The predicted octanol–water partition coefficient (Wildman–Crippen LogP) is 2.38. The van der Waals surface area contributed by atoms with Crippen LogP contribution in [0.15, 0.2) is 30.5 Å². The molecule has 4 heterocycles. The molecule has 10 nitrogen and oxygen atoms in total. The van der Waals surface area contributed by atoms with Crippen molar-refractivity contribution in [2.75, 3.05) is 45.8 Å².